The Kier molecular flexibility index (Phi) is 7.09. The number of Topliss-reactive ketones (excluding diaryl/α,β-unsaturated/α-hetero) is 1. The average molecular weight is 514 g/mol. The molecule has 38 heavy (non-hydrogen) atoms. The van der Waals surface area contributed by atoms with Gasteiger partial charge in [-0.15, -0.1) is 0 Å². The Morgan fingerprint density at radius 3 is 2.39 bits per heavy atom. The van der Waals surface area contributed by atoms with Gasteiger partial charge in [0.1, 0.15) is 17.1 Å². The lowest BCUT2D eigenvalue weighted by molar-refractivity contribution is 0.0970. The van der Waals surface area contributed by atoms with Crippen molar-refractivity contribution < 1.29 is 23.1 Å². The molecule has 1 aliphatic heterocycles. The van der Waals surface area contributed by atoms with Gasteiger partial charge in [0, 0.05) is 11.3 Å². The van der Waals surface area contributed by atoms with Crippen molar-refractivity contribution in [3.05, 3.63) is 105 Å². The summed E-state index contributed by atoms with van der Waals surface area (Å²) in [6.07, 6.45) is 4.40. The van der Waals surface area contributed by atoms with Gasteiger partial charge in [-0.3, -0.25) is 19.3 Å². The fraction of sp³-hybridized carbons (Fsp3) is 0.258. The third kappa shape index (κ3) is 4.72. The van der Waals surface area contributed by atoms with Gasteiger partial charge in [-0.05, 0) is 73.5 Å². The largest absolute Gasteiger partial charge is 0.494 e. The molecule has 0 aliphatic carbocycles. The number of unbranched alkanes of at least 4 members (excludes halogenated alkanes) is 3. The van der Waals surface area contributed by atoms with Crippen molar-refractivity contribution in [1.82, 2.24) is 0 Å². The summed E-state index contributed by atoms with van der Waals surface area (Å²) in [6, 6.07) is 16.8. The first-order valence-corrected chi connectivity index (χ1v) is 12.8. The minimum absolute atomic E-state index is 0.0716. The summed E-state index contributed by atoms with van der Waals surface area (Å²) < 4.78 is 25.8. The maximum atomic E-state index is 14.0. The highest BCUT2D eigenvalue weighted by atomic mass is 19.1. The van der Waals surface area contributed by atoms with Crippen LogP contribution in [0.3, 0.4) is 0 Å². The lowest BCUT2D eigenvalue weighted by Crippen LogP contribution is -2.29. The maximum Gasteiger partial charge on any atom is 0.295 e. The summed E-state index contributed by atoms with van der Waals surface area (Å²) in [6.45, 7) is 4.24. The molecule has 0 fully saturated rings. The third-order valence-corrected chi connectivity index (χ3v) is 6.85. The smallest absolute Gasteiger partial charge is 0.295 e. The summed E-state index contributed by atoms with van der Waals surface area (Å²) in [4.78, 5) is 40.6. The molecule has 7 heteroatoms. The Hall–Kier alpha value is -4.26. The van der Waals surface area contributed by atoms with Crippen LogP contribution in [0.2, 0.25) is 0 Å². The van der Waals surface area contributed by atoms with E-state index >= 15 is 0 Å². The van der Waals surface area contributed by atoms with Crippen LogP contribution < -0.4 is 15.1 Å². The normalized spacial score (nSPS) is 14.7. The number of ketones is 1. The molecule has 1 aromatic heterocycles. The Labute approximate surface area is 219 Å². The lowest BCUT2D eigenvalue weighted by atomic mass is 9.98. The maximum absolute atomic E-state index is 14.0. The Morgan fingerprint density at radius 2 is 1.71 bits per heavy atom. The van der Waals surface area contributed by atoms with Crippen LogP contribution in [0.1, 0.15) is 77.6 Å². The highest BCUT2D eigenvalue weighted by Gasteiger charge is 2.43. The zero-order chi connectivity index (χ0) is 26.8. The summed E-state index contributed by atoms with van der Waals surface area (Å²) >= 11 is 0. The standard InChI is InChI=1S/C31H28FNO5/c1-3-4-5-6-17-37-24-14-9-21(10-15-24)28-27-29(35)25-18-22(32)11-16-26(25)38-30(27)31(36)33(28)23-12-7-20(8-13-23)19(2)34/h7-16,18,28H,3-6,17H2,1-2H3. The minimum Gasteiger partial charge on any atom is -0.494 e. The van der Waals surface area contributed by atoms with Gasteiger partial charge in [-0.25, -0.2) is 4.39 Å². The Morgan fingerprint density at radius 1 is 0.974 bits per heavy atom. The molecule has 0 saturated carbocycles. The van der Waals surface area contributed by atoms with Crippen LogP contribution in [0.15, 0.2) is 75.9 Å². The van der Waals surface area contributed by atoms with Crippen molar-refractivity contribution >= 4 is 28.3 Å². The van der Waals surface area contributed by atoms with Gasteiger partial charge in [0.15, 0.2) is 11.2 Å². The number of hydrogen-bond donors (Lipinski definition) is 0. The Bertz CT molecular complexity index is 1560. The van der Waals surface area contributed by atoms with Crippen LogP contribution in [0.5, 0.6) is 5.75 Å². The van der Waals surface area contributed by atoms with Crippen molar-refractivity contribution in [2.45, 2.75) is 45.6 Å². The SMILES string of the molecule is CCCCCCOc1ccc(C2c3c(oc4ccc(F)cc4c3=O)C(=O)N2c2ccc(C(C)=O)cc2)cc1. The van der Waals surface area contributed by atoms with E-state index in [0.29, 0.717) is 29.2 Å². The Balaban J connectivity index is 1.57. The molecule has 0 bridgehead atoms. The van der Waals surface area contributed by atoms with Crippen LogP contribution in [-0.2, 0) is 0 Å². The first-order chi connectivity index (χ1) is 18.4. The lowest BCUT2D eigenvalue weighted by Gasteiger charge is -2.25. The molecule has 0 radical (unpaired) electrons. The second kappa shape index (κ2) is 10.6. The van der Waals surface area contributed by atoms with E-state index in [1.54, 1.807) is 24.3 Å². The van der Waals surface area contributed by atoms with Crippen molar-refractivity contribution in [3.8, 4) is 5.75 Å². The van der Waals surface area contributed by atoms with E-state index in [-0.39, 0.29) is 28.1 Å². The summed E-state index contributed by atoms with van der Waals surface area (Å²) in [7, 11) is 0. The van der Waals surface area contributed by atoms with Crippen LogP contribution >= 0.6 is 0 Å². The van der Waals surface area contributed by atoms with Gasteiger partial charge in [-0.1, -0.05) is 38.3 Å². The molecule has 4 aromatic rings. The van der Waals surface area contributed by atoms with Gasteiger partial charge >= 0.3 is 0 Å². The number of nitrogens with zero attached hydrogens (tertiary/aromatic N) is 1. The summed E-state index contributed by atoms with van der Waals surface area (Å²) in [5, 5.41) is 0.0716. The molecule has 1 atom stereocenters. The van der Waals surface area contributed by atoms with Gasteiger partial charge in [0.05, 0.1) is 23.6 Å². The fourth-order valence-corrected chi connectivity index (χ4v) is 4.85. The molecule has 0 N–H and O–H groups in total. The molecule has 6 nitrogen and oxygen atoms in total. The number of carbonyl (C=O) groups excluding carboxylic acids is 2. The highest BCUT2D eigenvalue weighted by molar-refractivity contribution is 6.11. The molecule has 1 amide bonds. The minimum atomic E-state index is -0.803. The first-order valence-electron chi connectivity index (χ1n) is 12.8. The monoisotopic (exact) mass is 513 g/mol. The zero-order valence-corrected chi connectivity index (χ0v) is 21.3. The van der Waals surface area contributed by atoms with Crippen LogP contribution in [0.4, 0.5) is 10.1 Å². The number of anilines is 1. The van der Waals surface area contributed by atoms with Crippen molar-refractivity contribution in [2.75, 3.05) is 11.5 Å². The summed E-state index contributed by atoms with van der Waals surface area (Å²) in [5.74, 6) is -0.534. The summed E-state index contributed by atoms with van der Waals surface area (Å²) in [5.41, 5.74) is 1.51. The van der Waals surface area contributed by atoms with Crippen LogP contribution in [0.25, 0.3) is 11.0 Å². The van der Waals surface area contributed by atoms with E-state index in [2.05, 4.69) is 6.92 Å². The highest BCUT2D eigenvalue weighted by Crippen LogP contribution is 2.41. The molecule has 3 aromatic carbocycles. The van der Waals surface area contributed by atoms with Crippen molar-refractivity contribution in [3.63, 3.8) is 0 Å². The van der Waals surface area contributed by atoms with Crippen molar-refractivity contribution in [2.24, 2.45) is 0 Å². The number of ether oxygens (including phenoxy) is 1. The topological polar surface area (TPSA) is 76.8 Å². The predicted octanol–water partition coefficient (Wildman–Crippen LogP) is 6.84. The van der Waals surface area contributed by atoms with E-state index in [0.717, 1.165) is 25.3 Å². The molecule has 0 saturated heterocycles. The van der Waals surface area contributed by atoms with Crippen LogP contribution in [0, 0.1) is 5.82 Å². The number of rotatable bonds is 9. The number of amides is 1. The number of hydrogen-bond acceptors (Lipinski definition) is 5. The van der Waals surface area contributed by atoms with E-state index in [4.69, 9.17) is 9.15 Å². The number of halogens is 1. The predicted molar refractivity (Wildman–Crippen MR) is 144 cm³/mol. The molecular formula is C31H28FNO5. The van der Waals surface area contributed by atoms with E-state index in [9.17, 15) is 18.8 Å². The molecule has 2 heterocycles. The molecule has 194 valence electrons. The second-order valence-electron chi connectivity index (χ2n) is 9.47. The molecular weight excluding hydrogens is 485 g/mol. The van der Waals surface area contributed by atoms with Gasteiger partial charge in [-0.2, -0.15) is 0 Å². The van der Waals surface area contributed by atoms with Crippen LogP contribution in [-0.4, -0.2) is 18.3 Å². The third-order valence-electron chi connectivity index (χ3n) is 6.85. The average Bonchev–Trinajstić information content (AvgIpc) is 3.21. The molecule has 1 aliphatic rings. The quantitative estimate of drug-likeness (QED) is 0.181. The number of fused-ring (bicyclic) bond motifs is 2. The molecule has 5 rings (SSSR count). The number of carbonyl (C=O) groups is 2. The molecule has 1 unspecified atom stereocenters. The van der Waals surface area contributed by atoms with Gasteiger partial charge in [0.25, 0.3) is 5.91 Å². The van der Waals surface area contributed by atoms with E-state index in [1.165, 1.54) is 30.4 Å². The van der Waals surface area contributed by atoms with Gasteiger partial charge in [0.2, 0.25) is 5.76 Å². The second-order valence-corrected chi connectivity index (χ2v) is 9.47. The molecule has 0 spiro atoms. The van der Waals surface area contributed by atoms with E-state index in [1.807, 2.05) is 24.3 Å². The zero-order valence-electron chi connectivity index (χ0n) is 21.3. The van der Waals surface area contributed by atoms with E-state index < -0.39 is 23.2 Å². The van der Waals surface area contributed by atoms with Gasteiger partial charge < -0.3 is 9.15 Å². The fourth-order valence-electron chi connectivity index (χ4n) is 4.85. The number of benzene rings is 3. The first kappa shape index (κ1) is 25.4. The van der Waals surface area contributed by atoms with Crippen molar-refractivity contribution in [1.29, 1.82) is 0 Å².